The molecule has 0 aliphatic heterocycles. The molecule has 0 unspecified atom stereocenters. The summed E-state index contributed by atoms with van der Waals surface area (Å²) in [5, 5.41) is 0. The van der Waals surface area contributed by atoms with E-state index in [4.69, 9.17) is 15.4 Å². The van der Waals surface area contributed by atoms with Gasteiger partial charge in [0.25, 0.3) is 0 Å². The van der Waals surface area contributed by atoms with Crippen LogP contribution in [0.25, 0.3) is 0 Å². The van der Waals surface area contributed by atoms with Crippen molar-refractivity contribution in [2.45, 2.75) is 39.0 Å². The lowest BCUT2D eigenvalue weighted by molar-refractivity contribution is 0.317. The van der Waals surface area contributed by atoms with Crippen LogP contribution in [0.3, 0.4) is 0 Å². The molecule has 0 radical (unpaired) electrons. The molecular formula is C14H21ClO3S. The third-order valence-electron chi connectivity index (χ3n) is 3.32. The molecule has 0 N–H and O–H groups in total. The Morgan fingerprint density at radius 3 is 2.26 bits per heavy atom. The van der Waals surface area contributed by atoms with E-state index in [1.807, 2.05) is 12.1 Å². The maximum Gasteiger partial charge on any atom is 0.232 e. The van der Waals surface area contributed by atoms with E-state index >= 15 is 0 Å². The molecular weight excluding hydrogens is 284 g/mol. The molecule has 0 saturated carbocycles. The molecule has 19 heavy (non-hydrogen) atoms. The van der Waals surface area contributed by atoms with Crippen molar-refractivity contribution in [3.8, 4) is 5.75 Å². The van der Waals surface area contributed by atoms with Crippen LogP contribution in [-0.4, -0.2) is 20.8 Å². The van der Waals surface area contributed by atoms with E-state index in [2.05, 4.69) is 32.9 Å². The Hall–Kier alpha value is -0.740. The van der Waals surface area contributed by atoms with Crippen molar-refractivity contribution in [1.82, 2.24) is 0 Å². The second kappa shape index (κ2) is 6.62. The van der Waals surface area contributed by atoms with Crippen molar-refractivity contribution in [2.75, 3.05) is 12.4 Å². The van der Waals surface area contributed by atoms with E-state index in [-0.39, 0.29) is 11.2 Å². The summed E-state index contributed by atoms with van der Waals surface area (Å²) >= 11 is 0. The van der Waals surface area contributed by atoms with E-state index in [0.717, 1.165) is 12.2 Å². The van der Waals surface area contributed by atoms with Gasteiger partial charge in [0.2, 0.25) is 9.05 Å². The van der Waals surface area contributed by atoms with Crippen molar-refractivity contribution in [1.29, 1.82) is 0 Å². The van der Waals surface area contributed by atoms with Gasteiger partial charge in [-0.15, -0.1) is 0 Å². The number of hydrogen-bond acceptors (Lipinski definition) is 3. The minimum atomic E-state index is -3.42. The third-order valence-corrected chi connectivity index (χ3v) is 4.56. The Balaban J connectivity index is 2.49. The van der Waals surface area contributed by atoms with Gasteiger partial charge in [-0.25, -0.2) is 8.42 Å². The molecule has 0 aliphatic rings. The predicted molar refractivity (Wildman–Crippen MR) is 79.5 cm³/mol. The first-order valence-corrected chi connectivity index (χ1v) is 8.88. The summed E-state index contributed by atoms with van der Waals surface area (Å²) in [6.07, 6.45) is 1.47. The third kappa shape index (κ3) is 5.83. The van der Waals surface area contributed by atoms with Crippen molar-refractivity contribution in [3.63, 3.8) is 0 Å². The lowest BCUT2D eigenvalue weighted by Gasteiger charge is -2.23. The molecule has 0 amide bonds. The number of benzene rings is 1. The van der Waals surface area contributed by atoms with Gasteiger partial charge >= 0.3 is 0 Å². The van der Waals surface area contributed by atoms with Crippen LogP contribution in [0.5, 0.6) is 5.75 Å². The predicted octanol–water partition coefficient (Wildman–Crippen LogP) is 3.71. The molecule has 1 aromatic carbocycles. The van der Waals surface area contributed by atoms with Gasteiger partial charge in [0, 0.05) is 10.7 Å². The first kappa shape index (κ1) is 16.3. The maximum atomic E-state index is 10.7. The highest BCUT2D eigenvalue weighted by Crippen LogP contribution is 2.28. The van der Waals surface area contributed by atoms with Gasteiger partial charge in [0.15, 0.2) is 0 Å². The van der Waals surface area contributed by atoms with Gasteiger partial charge in [-0.1, -0.05) is 32.9 Å². The Kier molecular flexibility index (Phi) is 5.68. The van der Waals surface area contributed by atoms with E-state index in [0.29, 0.717) is 13.0 Å². The summed E-state index contributed by atoms with van der Waals surface area (Å²) in [7, 11) is 1.70. The fourth-order valence-electron chi connectivity index (χ4n) is 1.63. The molecule has 0 spiro atoms. The molecule has 1 aromatic rings. The zero-order chi connectivity index (χ0) is 14.5. The zero-order valence-electron chi connectivity index (χ0n) is 11.6. The van der Waals surface area contributed by atoms with Crippen molar-refractivity contribution in [2.24, 2.45) is 0 Å². The highest BCUT2D eigenvalue weighted by atomic mass is 35.7. The van der Waals surface area contributed by atoms with Crippen LogP contribution in [0, 0.1) is 0 Å². The Bertz CT molecular complexity index is 492. The summed E-state index contributed by atoms with van der Waals surface area (Å²) in [6.45, 7) is 6.92. The number of rotatable bonds is 7. The van der Waals surface area contributed by atoms with E-state index < -0.39 is 9.05 Å². The minimum Gasteiger partial charge on any atom is -0.494 e. The van der Waals surface area contributed by atoms with E-state index in [9.17, 15) is 8.42 Å². The van der Waals surface area contributed by atoms with Gasteiger partial charge in [0.1, 0.15) is 5.75 Å². The first-order chi connectivity index (χ1) is 8.74. The van der Waals surface area contributed by atoms with Crippen LogP contribution in [0.4, 0.5) is 0 Å². The highest BCUT2D eigenvalue weighted by molar-refractivity contribution is 8.13. The Morgan fingerprint density at radius 1 is 1.21 bits per heavy atom. The minimum absolute atomic E-state index is 0.0600. The molecule has 108 valence electrons. The fraction of sp³-hybridized carbons (Fsp3) is 0.571. The maximum absolute atomic E-state index is 10.7. The molecule has 0 aromatic heterocycles. The normalized spacial score (nSPS) is 12.4. The second-order valence-corrected chi connectivity index (χ2v) is 8.10. The van der Waals surface area contributed by atoms with E-state index in [1.54, 1.807) is 0 Å². The van der Waals surface area contributed by atoms with Crippen LogP contribution < -0.4 is 4.74 Å². The van der Waals surface area contributed by atoms with Crippen LogP contribution in [0.1, 0.15) is 39.2 Å². The topological polar surface area (TPSA) is 43.4 Å². The number of ether oxygens (including phenoxy) is 1. The zero-order valence-corrected chi connectivity index (χ0v) is 13.2. The summed E-state index contributed by atoms with van der Waals surface area (Å²) in [4.78, 5) is 0. The largest absolute Gasteiger partial charge is 0.494 e. The monoisotopic (exact) mass is 304 g/mol. The van der Waals surface area contributed by atoms with Crippen LogP contribution in [0.15, 0.2) is 24.3 Å². The number of halogens is 1. The quantitative estimate of drug-likeness (QED) is 0.569. The lowest BCUT2D eigenvalue weighted by Crippen LogP contribution is -2.15. The standard InChI is InChI=1S/C14H21ClO3S/c1-4-14(2,3)12-6-8-13(9-7-12)18-10-5-11-19(15,16)17/h6-9H,4-5,10-11H2,1-3H3. The van der Waals surface area contributed by atoms with Crippen molar-refractivity contribution in [3.05, 3.63) is 29.8 Å². The fourth-order valence-corrected chi connectivity index (χ4v) is 2.42. The molecule has 3 nitrogen and oxygen atoms in total. The SMILES string of the molecule is CCC(C)(C)c1ccc(OCCCS(=O)(=O)Cl)cc1. The second-order valence-electron chi connectivity index (χ2n) is 5.21. The smallest absolute Gasteiger partial charge is 0.232 e. The Morgan fingerprint density at radius 2 is 1.79 bits per heavy atom. The van der Waals surface area contributed by atoms with Gasteiger partial charge in [-0.3, -0.25) is 0 Å². The lowest BCUT2D eigenvalue weighted by atomic mass is 9.82. The van der Waals surface area contributed by atoms with Gasteiger partial charge in [0.05, 0.1) is 12.4 Å². The average molecular weight is 305 g/mol. The summed E-state index contributed by atoms with van der Waals surface area (Å²) in [6, 6.07) is 7.94. The first-order valence-electron chi connectivity index (χ1n) is 6.40. The molecule has 1 rings (SSSR count). The van der Waals surface area contributed by atoms with Crippen LogP contribution in [0.2, 0.25) is 0 Å². The highest BCUT2D eigenvalue weighted by Gasteiger charge is 2.17. The molecule has 0 atom stereocenters. The Labute approximate surface area is 120 Å². The van der Waals surface area contributed by atoms with Gasteiger partial charge < -0.3 is 4.74 Å². The molecule has 5 heteroatoms. The molecule has 0 fully saturated rings. The summed E-state index contributed by atoms with van der Waals surface area (Å²) in [5.74, 6) is 0.692. The molecule has 0 saturated heterocycles. The van der Waals surface area contributed by atoms with Crippen LogP contribution >= 0.6 is 10.7 Å². The molecule has 0 heterocycles. The molecule has 0 aliphatic carbocycles. The number of hydrogen-bond donors (Lipinski definition) is 0. The van der Waals surface area contributed by atoms with Gasteiger partial charge in [-0.2, -0.15) is 0 Å². The van der Waals surface area contributed by atoms with Crippen LogP contribution in [-0.2, 0) is 14.5 Å². The van der Waals surface area contributed by atoms with Crippen molar-refractivity contribution < 1.29 is 13.2 Å². The van der Waals surface area contributed by atoms with Crippen molar-refractivity contribution >= 4 is 19.7 Å². The summed E-state index contributed by atoms with van der Waals surface area (Å²) < 4.78 is 27.0. The summed E-state index contributed by atoms with van der Waals surface area (Å²) in [5.41, 5.74) is 1.43. The average Bonchev–Trinajstić information content (AvgIpc) is 2.34. The van der Waals surface area contributed by atoms with E-state index in [1.165, 1.54) is 5.56 Å². The van der Waals surface area contributed by atoms with Gasteiger partial charge in [-0.05, 0) is 36.0 Å². The molecule has 0 bridgehead atoms.